The molecule has 0 spiro atoms. The molecule has 0 atom stereocenters. The third-order valence-electron chi connectivity index (χ3n) is 5.66. The van der Waals surface area contributed by atoms with Gasteiger partial charge < -0.3 is 10.6 Å². The number of carbonyl (C=O) groups is 3. The number of carbonyl (C=O) groups excluding carboxylic acids is 3. The maximum Gasteiger partial charge on any atom is 0.405 e. The summed E-state index contributed by atoms with van der Waals surface area (Å²) in [6.45, 7) is 1.61. The quantitative estimate of drug-likeness (QED) is 0.177. The third-order valence-corrected chi connectivity index (χ3v) is 6.46. The van der Waals surface area contributed by atoms with Gasteiger partial charge in [0.2, 0.25) is 0 Å². The highest BCUT2D eigenvalue weighted by Gasteiger charge is 2.27. The summed E-state index contributed by atoms with van der Waals surface area (Å²) in [6, 6.07) is 12.6. The fourth-order valence-electron chi connectivity index (χ4n) is 3.69. The highest BCUT2D eigenvalue weighted by atomic mass is 127. The van der Waals surface area contributed by atoms with Gasteiger partial charge in [-0.15, -0.1) is 0 Å². The smallest absolute Gasteiger partial charge is 0.329 e. The maximum absolute atomic E-state index is 12.2. The molecule has 0 aliphatic rings. The van der Waals surface area contributed by atoms with E-state index in [9.17, 15) is 27.6 Å². The lowest BCUT2D eigenvalue weighted by Crippen LogP contribution is -2.36. The van der Waals surface area contributed by atoms with Gasteiger partial charge in [0.15, 0.2) is 11.6 Å². The molecule has 2 amide bonds. The van der Waals surface area contributed by atoms with Gasteiger partial charge in [-0.3, -0.25) is 18.4 Å². The maximum atomic E-state index is 12.2. The first kappa shape index (κ1) is 28.7. The molecular formula is C27H22F3IN6O3. The number of hydrogen-bond acceptors (Lipinski definition) is 5. The van der Waals surface area contributed by atoms with Gasteiger partial charge in [-0.2, -0.15) is 13.2 Å². The molecule has 0 fully saturated rings. The van der Waals surface area contributed by atoms with Gasteiger partial charge in [0.05, 0.1) is 18.1 Å². The van der Waals surface area contributed by atoms with Crippen LogP contribution in [-0.4, -0.2) is 49.1 Å². The summed E-state index contributed by atoms with van der Waals surface area (Å²) in [4.78, 5) is 42.6. The molecule has 0 saturated heterocycles. The molecule has 4 heterocycles. The van der Waals surface area contributed by atoms with Gasteiger partial charge in [-0.25, -0.2) is 14.8 Å². The molecule has 40 heavy (non-hydrogen) atoms. The highest BCUT2D eigenvalue weighted by molar-refractivity contribution is 14.1. The summed E-state index contributed by atoms with van der Waals surface area (Å²) in [5.74, 6) is -0.00127. The van der Waals surface area contributed by atoms with Crippen molar-refractivity contribution in [1.82, 2.24) is 24.1 Å². The minimum Gasteiger partial charge on any atom is -0.329 e. The lowest BCUT2D eigenvalue weighted by Gasteiger charge is -2.10. The van der Waals surface area contributed by atoms with Gasteiger partial charge in [-0.1, -0.05) is 12.1 Å². The predicted octanol–water partition coefficient (Wildman–Crippen LogP) is 6.03. The average molecular weight is 662 g/mol. The second kappa shape index (κ2) is 11.9. The number of alkyl halides is 3. The van der Waals surface area contributed by atoms with E-state index in [4.69, 9.17) is 0 Å². The Morgan fingerprint density at radius 2 is 1.48 bits per heavy atom. The number of hydrogen-bond donors (Lipinski definition) is 2. The number of urea groups is 1. The Morgan fingerprint density at radius 3 is 2.10 bits per heavy atom. The minimum atomic E-state index is -4.48. The molecule has 9 nitrogen and oxygen atoms in total. The van der Waals surface area contributed by atoms with Gasteiger partial charge in [0.25, 0.3) is 0 Å². The molecule has 0 aliphatic heterocycles. The van der Waals surface area contributed by atoms with Crippen molar-refractivity contribution in [3.63, 3.8) is 0 Å². The van der Waals surface area contributed by atoms with E-state index in [0.717, 1.165) is 9.35 Å². The molecule has 0 bridgehead atoms. The standard InChI is InChI=1S/C18H15F3N4O2.C9H7IN2O/c1-11(26)12-5-6-25-15(9-22-16(25)8-12)13-3-2-4-14(7-13)24-17(27)23-10-18(19,20)21;1-6(13)7-2-3-12-8(10)5-11-9(12)4-7/h2-9H,10H2,1H3,(H2,23,24,27);2-5H,1H3. The number of pyridine rings is 2. The first-order valence-electron chi connectivity index (χ1n) is 11.7. The second-order valence-electron chi connectivity index (χ2n) is 8.63. The van der Waals surface area contributed by atoms with E-state index in [1.807, 2.05) is 10.6 Å². The normalized spacial score (nSPS) is 11.2. The Kier molecular flexibility index (Phi) is 8.52. The molecule has 4 aromatic heterocycles. The van der Waals surface area contributed by atoms with Crippen molar-refractivity contribution in [2.24, 2.45) is 0 Å². The molecular weight excluding hydrogens is 640 g/mol. The van der Waals surface area contributed by atoms with E-state index in [1.54, 1.807) is 83.8 Å². The molecule has 5 rings (SSSR count). The summed E-state index contributed by atoms with van der Waals surface area (Å²) >= 11 is 2.20. The van der Waals surface area contributed by atoms with Crippen LogP contribution in [0.25, 0.3) is 22.6 Å². The SMILES string of the molecule is CC(=O)c1ccn2c(-c3cccc(NC(=O)NCC(F)(F)F)c3)cnc2c1.CC(=O)c1ccn2c(I)cnc2c1. The van der Waals surface area contributed by atoms with Gasteiger partial charge in [0, 0.05) is 34.8 Å². The van der Waals surface area contributed by atoms with Gasteiger partial charge in [-0.05, 0) is 72.8 Å². The van der Waals surface area contributed by atoms with E-state index in [1.165, 1.54) is 6.92 Å². The van der Waals surface area contributed by atoms with Crippen LogP contribution in [0.4, 0.5) is 23.7 Å². The Bertz CT molecular complexity index is 1730. The van der Waals surface area contributed by atoms with Gasteiger partial charge >= 0.3 is 12.2 Å². The van der Waals surface area contributed by atoms with Crippen LogP contribution in [0.3, 0.4) is 0 Å². The number of aromatic nitrogens is 4. The Morgan fingerprint density at radius 1 is 0.875 bits per heavy atom. The fourth-order valence-corrected chi connectivity index (χ4v) is 4.24. The number of halogens is 4. The summed E-state index contributed by atoms with van der Waals surface area (Å²) in [5.41, 5.74) is 4.38. The fraction of sp³-hybridized carbons (Fsp3) is 0.148. The first-order chi connectivity index (χ1) is 18.9. The topological polar surface area (TPSA) is 110 Å². The monoisotopic (exact) mass is 662 g/mol. The van der Waals surface area contributed by atoms with Gasteiger partial charge in [0.1, 0.15) is 21.5 Å². The van der Waals surface area contributed by atoms with Crippen LogP contribution in [0.15, 0.2) is 73.3 Å². The number of Topliss-reactive ketones (excluding diaryl/α,β-unsaturated/α-hetero) is 2. The summed E-state index contributed by atoms with van der Waals surface area (Å²) in [5, 5.41) is 4.11. The number of benzene rings is 1. The molecule has 5 aromatic rings. The van der Waals surface area contributed by atoms with Crippen LogP contribution in [-0.2, 0) is 0 Å². The summed E-state index contributed by atoms with van der Waals surface area (Å²) in [6.07, 6.45) is 2.49. The zero-order chi connectivity index (χ0) is 29.0. The van der Waals surface area contributed by atoms with Crippen molar-refractivity contribution in [3.8, 4) is 11.3 Å². The van der Waals surface area contributed by atoms with E-state index < -0.39 is 18.8 Å². The summed E-state index contributed by atoms with van der Waals surface area (Å²) < 4.78 is 41.2. The lowest BCUT2D eigenvalue weighted by molar-refractivity contribution is -0.122. The van der Waals surface area contributed by atoms with Crippen LogP contribution >= 0.6 is 22.6 Å². The van der Waals surface area contributed by atoms with Crippen molar-refractivity contribution in [2.75, 3.05) is 11.9 Å². The van der Waals surface area contributed by atoms with E-state index in [0.29, 0.717) is 33.7 Å². The van der Waals surface area contributed by atoms with Crippen molar-refractivity contribution >= 4 is 57.2 Å². The van der Waals surface area contributed by atoms with Crippen molar-refractivity contribution in [1.29, 1.82) is 0 Å². The molecule has 0 saturated carbocycles. The molecule has 0 unspecified atom stereocenters. The van der Waals surface area contributed by atoms with Crippen molar-refractivity contribution in [3.05, 3.63) is 88.1 Å². The molecule has 13 heteroatoms. The number of amides is 2. The third kappa shape index (κ3) is 7.02. The van der Waals surface area contributed by atoms with Crippen LogP contribution in [0.1, 0.15) is 34.6 Å². The van der Waals surface area contributed by atoms with Crippen LogP contribution in [0, 0.1) is 3.70 Å². The number of anilines is 1. The number of rotatable bonds is 5. The Labute approximate surface area is 239 Å². The van der Waals surface area contributed by atoms with Crippen LogP contribution in [0.5, 0.6) is 0 Å². The number of ketones is 2. The van der Waals surface area contributed by atoms with Crippen LogP contribution in [0.2, 0.25) is 0 Å². The average Bonchev–Trinajstić information content (AvgIpc) is 3.50. The van der Waals surface area contributed by atoms with Crippen molar-refractivity contribution < 1.29 is 27.6 Å². The van der Waals surface area contributed by atoms with Crippen LogP contribution < -0.4 is 10.6 Å². The highest BCUT2D eigenvalue weighted by Crippen LogP contribution is 2.24. The van der Waals surface area contributed by atoms with Crippen molar-refractivity contribution in [2.45, 2.75) is 20.0 Å². The number of fused-ring (bicyclic) bond motifs is 2. The largest absolute Gasteiger partial charge is 0.405 e. The molecule has 0 aliphatic carbocycles. The number of imidazole rings is 2. The Balaban J connectivity index is 0.000000236. The molecule has 2 N–H and O–H groups in total. The Hall–Kier alpha value is -4.27. The second-order valence-corrected chi connectivity index (χ2v) is 9.73. The summed E-state index contributed by atoms with van der Waals surface area (Å²) in [7, 11) is 0. The van der Waals surface area contributed by atoms with E-state index >= 15 is 0 Å². The predicted molar refractivity (Wildman–Crippen MR) is 152 cm³/mol. The lowest BCUT2D eigenvalue weighted by atomic mass is 10.1. The first-order valence-corrected chi connectivity index (χ1v) is 12.8. The zero-order valence-electron chi connectivity index (χ0n) is 21.2. The van der Waals surface area contributed by atoms with E-state index in [2.05, 4.69) is 37.9 Å². The molecule has 206 valence electrons. The molecule has 1 aromatic carbocycles. The number of nitrogens with zero attached hydrogens (tertiary/aromatic N) is 4. The number of nitrogens with one attached hydrogen (secondary N) is 2. The molecule has 0 radical (unpaired) electrons. The minimum absolute atomic E-state index is 0.0699. The zero-order valence-corrected chi connectivity index (χ0v) is 23.3. The van der Waals surface area contributed by atoms with E-state index in [-0.39, 0.29) is 11.6 Å².